The molecule has 6 nitrogen and oxygen atoms in total. The van der Waals surface area contributed by atoms with Crippen molar-refractivity contribution in [3.8, 4) is 5.75 Å². The Labute approximate surface area is 123 Å². The van der Waals surface area contributed by atoms with E-state index in [0.29, 0.717) is 4.47 Å². The summed E-state index contributed by atoms with van der Waals surface area (Å²) >= 11 is 3.21. The monoisotopic (exact) mass is 340 g/mol. The van der Waals surface area contributed by atoms with Crippen LogP contribution in [0.1, 0.15) is 24.2 Å². The number of hydrogen-bond donors (Lipinski definition) is 2. The minimum absolute atomic E-state index is 0.0370. The third kappa shape index (κ3) is 2.40. The van der Waals surface area contributed by atoms with E-state index in [1.807, 2.05) is 0 Å². The average molecular weight is 341 g/mol. The molecule has 1 aromatic rings. The van der Waals surface area contributed by atoms with Crippen LogP contribution in [0.2, 0.25) is 0 Å². The lowest BCUT2D eigenvalue weighted by atomic mass is 9.97. The molecular formula is C13H13BrN2O4. The lowest BCUT2D eigenvalue weighted by Gasteiger charge is -2.40. The quantitative estimate of drug-likeness (QED) is 0.747. The molecular weight excluding hydrogens is 328 g/mol. The van der Waals surface area contributed by atoms with Gasteiger partial charge in [0.1, 0.15) is 17.8 Å². The van der Waals surface area contributed by atoms with Crippen LogP contribution < -0.4 is 5.32 Å². The lowest BCUT2D eigenvalue weighted by Crippen LogP contribution is -2.65. The largest absolute Gasteiger partial charge is 0.507 e. The van der Waals surface area contributed by atoms with Crippen LogP contribution in [0.15, 0.2) is 22.7 Å². The van der Waals surface area contributed by atoms with E-state index in [-0.39, 0.29) is 17.9 Å². The van der Waals surface area contributed by atoms with E-state index >= 15 is 0 Å². The van der Waals surface area contributed by atoms with Gasteiger partial charge in [-0.1, -0.05) is 15.9 Å². The van der Waals surface area contributed by atoms with Crippen LogP contribution >= 0.6 is 15.9 Å². The molecule has 1 aliphatic rings. The second-order valence-corrected chi connectivity index (χ2v) is 5.90. The summed E-state index contributed by atoms with van der Waals surface area (Å²) < 4.78 is 0.615. The first-order valence-electron chi connectivity index (χ1n) is 5.88. The summed E-state index contributed by atoms with van der Waals surface area (Å²) in [7, 11) is 0. The Hall–Kier alpha value is -1.89. The molecule has 2 N–H and O–H groups in total. The van der Waals surface area contributed by atoms with E-state index in [2.05, 4.69) is 21.2 Å². The van der Waals surface area contributed by atoms with Crippen molar-refractivity contribution in [1.29, 1.82) is 0 Å². The Kier molecular flexibility index (Phi) is 3.56. The first-order chi connectivity index (χ1) is 9.23. The number of phenolic OH excluding ortho intramolecular Hbond substituents is 1. The minimum Gasteiger partial charge on any atom is -0.507 e. The van der Waals surface area contributed by atoms with Crippen LogP contribution in [0.25, 0.3) is 0 Å². The Morgan fingerprint density at radius 1 is 1.40 bits per heavy atom. The molecule has 1 saturated heterocycles. The van der Waals surface area contributed by atoms with Crippen LogP contribution in [0.5, 0.6) is 5.75 Å². The van der Waals surface area contributed by atoms with Gasteiger partial charge >= 0.3 is 0 Å². The van der Waals surface area contributed by atoms with Gasteiger partial charge in [-0.2, -0.15) is 0 Å². The maximum absolute atomic E-state index is 12.5. The first-order valence-corrected chi connectivity index (χ1v) is 6.67. The Morgan fingerprint density at radius 3 is 2.70 bits per heavy atom. The molecule has 0 radical (unpaired) electrons. The molecule has 1 aromatic carbocycles. The molecule has 1 fully saturated rings. The first kappa shape index (κ1) is 14.5. The molecule has 2 rings (SSSR count). The Morgan fingerprint density at radius 2 is 2.05 bits per heavy atom. The van der Waals surface area contributed by atoms with Gasteiger partial charge in [0.25, 0.3) is 11.8 Å². The number of rotatable bonds is 1. The minimum atomic E-state index is -1.17. The lowest BCUT2D eigenvalue weighted by molar-refractivity contribution is -0.143. The molecule has 0 aliphatic carbocycles. The van der Waals surface area contributed by atoms with Crippen molar-refractivity contribution in [2.75, 3.05) is 6.54 Å². The molecule has 106 valence electrons. The molecule has 0 saturated carbocycles. The van der Waals surface area contributed by atoms with Crippen LogP contribution in [0.3, 0.4) is 0 Å². The number of amides is 3. The van der Waals surface area contributed by atoms with Crippen LogP contribution in [0.4, 0.5) is 0 Å². The van der Waals surface area contributed by atoms with Gasteiger partial charge in [0.2, 0.25) is 5.91 Å². The van der Waals surface area contributed by atoms with E-state index in [0.717, 1.165) is 4.90 Å². The van der Waals surface area contributed by atoms with E-state index in [9.17, 15) is 19.5 Å². The van der Waals surface area contributed by atoms with Gasteiger partial charge in [0.05, 0.1) is 5.56 Å². The molecule has 20 heavy (non-hydrogen) atoms. The zero-order valence-corrected chi connectivity index (χ0v) is 12.5. The summed E-state index contributed by atoms with van der Waals surface area (Å²) in [5.41, 5.74) is -1.13. The number of imide groups is 1. The maximum Gasteiger partial charge on any atom is 0.258 e. The average Bonchev–Trinajstić information content (AvgIpc) is 2.36. The predicted octanol–water partition coefficient (Wildman–Crippen LogP) is 1.03. The van der Waals surface area contributed by atoms with Gasteiger partial charge in [-0.3, -0.25) is 19.7 Å². The fourth-order valence-corrected chi connectivity index (χ4v) is 2.29. The SMILES string of the molecule is CC1(C)C(=O)NC(=O)CN1C(=O)c1cc(Br)ccc1O. The second-order valence-electron chi connectivity index (χ2n) is 4.99. The fourth-order valence-electron chi connectivity index (χ4n) is 1.93. The van der Waals surface area contributed by atoms with Gasteiger partial charge in [-0.25, -0.2) is 0 Å². The van der Waals surface area contributed by atoms with E-state index in [1.165, 1.54) is 12.1 Å². The molecule has 0 unspecified atom stereocenters. The number of hydrogen-bond acceptors (Lipinski definition) is 4. The van der Waals surface area contributed by atoms with Crippen LogP contribution in [0, 0.1) is 0 Å². The van der Waals surface area contributed by atoms with E-state index in [1.54, 1.807) is 19.9 Å². The van der Waals surface area contributed by atoms with Crippen molar-refractivity contribution in [2.45, 2.75) is 19.4 Å². The summed E-state index contributed by atoms with van der Waals surface area (Å²) in [4.78, 5) is 36.9. The highest BCUT2D eigenvalue weighted by Crippen LogP contribution is 2.27. The topological polar surface area (TPSA) is 86.7 Å². The highest BCUT2D eigenvalue weighted by Gasteiger charge is 2.44. The summed E-state index contributed by atoms with van der Waals surface area (Å²) in [5.74, 6) is -1.86. The number of nitrogens with one attached hydrogen (secondary N) is 1. The summed E-state index contributed by atoms with van der Waals surface area (Å²) in [6.07, 6.45) is 0. The fraction of sp³-hybridized carbons (Fsp3) is 0.308. The number of carbonyl (C=O) groups excluding carboxylic acids is 3. The molecule has 0 bridgehead atoms. The summed E-state index contributed by atoms with van der Waals surface area (Å²) in [6, 6.07) is 4.41. The summed E-state index contributed by atoms with van der Waals surface area (Å²) in [6.45, 7) is 2.85. The highest BCUT2D eigenvalue weighted by molar-refractivity contribution is 9.10. The molecule has 0 spiro atoms. The van der Waals surface area contributed by atoms with Crippen molar-refractivity contribution in [1.82, 2.24) is 10.2 Å². The number of phenols is 1. The van der Waals surface area contributed by atoms with Gasteiger partial charge in [0, 0.05) is 4.47 Å². The van der Waals surface area contributed by atoms with Crippen molar-refractivity contribution < 1.29 is 19.5 Å². The number of piperazine rings is 1. The predicted molar refractivity (Wildman–Crippen MR) is 74.1 cm³/mol. The van der Waals surface area contributed by atoms with Crippen molar-refractivity contribution >= 4 is 33.7 Å². The van der Waals surface area contributed by atoms with Gasteiger partial charge < -0.3 is 10.0 Å². The standard InChI is InChI=1S/C13H13BrN2O4/c1-13(2)12(20)15-10(18)6-16(13)11(19)8-5-7(14)3-4-9(8)17/h3-5,17H,6H2,1-2H3,(H,15,18,20). The zero-order valence-electron chi connectivity index (χ0n) is 10.9. The number of nitrogens with zero attached hydrogens (tertiary/aromatic N) is 1. The van der Waals surface area contributed by atoms with Gasteiger partial charge in [-0.15, -0.1) is 0 Å². The normalized spacial score (nSPS) is 17.9. The number of halogens is 1. The molecule has 1 aliphatic heterocycles. The third-order valence-electron chi connectivity index (χ3n) is 3.22. The van der Waals surface area contributed by atoms with Crippen molar-refractivity contribution in [3.05, 3.63) is 28.2 Å². The van der Waals surface area contributed by atoms with Crippen LogP contribution in [-0.2, 0) is 9.59 Å². The zero-order chi connectivity index (χ0) is 15.1. The second kappa shape index (κ2) is 4.90. The van der Waals surface area contributed by atoms with Crippen molar-refractivity contribution in [2.24, 2.45) is 0 Å². The molecule has 1 heterocycles. The number of aromatic hydroxyl groups is 1. The summed E-state index contributed by atoms with van der Waals surface area (Å²) in [5, 5.41) is 12.0. The smallest absolute Gasteiger partial charge is 0.258 e. The maximum atomic E-state index is 12.5. The Balaban J connectivity index is 2.43. The molecule has 0 atom stereocenters. The van der Waals surface area contributed by atoms with E-state index in [4.69, 9.17) is 0 Å². The van der Waals surface area contributed by atoms with Gasteiger partial charge in [-0.05, 0) is 32.0 Å². The molecule has 7 heteroatoms. The Bertz CT molecular complexity index is 612. The molecule has 3 amide bonds. The number of benzene rings is 1. The molecule has 0 aromatic heterocycles. The third-order valence-corrected chi connectivity index (χ3v) is 3.71. The van der Waals surface area contributed by atoms with Crippen molar-refractivity contribution in [3.63, 3.8) is 0 Å². The van der Waals surface area contributed by atoms with Crippen LogP contribution in [-0.4, -0.2) is 39.8 Å². The number of carbonyl (C=O) groups is 3. The van der Waals surface area contributed by atoms with E-state index < -0.39 is 23.3 Å². The highest BCUT2D eigenvalue weighted by atomic mass is 79.9. The van der Waals surface area contributed by atoms with Gasteiger partial charge in [0.15, 0.2) is 0 Å².